The molecule has 0 aliphatic carbocycles. The smallest absolute Gasteiger partial charge is 0.0107 e. The van der Waals surface area contributed by atoms with E-state index in [4.69, 9.17) is 0 Å². The predicted molar refractivity (Wildman–Crippen MR) is 67.7 cm³/mol. The van der Waals surface area contributed by atoms with E-state index in [2.05, 4.69) is 37.5 Å². The summed E-state index contributed by atoms with van der Waals surface area (Å²) in [5.41, 5.74) is 3.02. The molecule has 15 heavy (non-hydrogen) atoms. The number of thioether (sulfide) groups is 1. The van der Waals surface area contributed by atoms with Crippen LogP contribution in [0.5, 0.6) is 0 Å². The molecule has 82 valence electrons. The summed E-state index contributed by atoms with van der Waals surface area (Å²) in [6, 6.07) is 7.61. The number of benzene rings is 1. The Morgan fingerprint density at radius 1 is 1.47 bits per heavy atom. The van der Waals surface area contributed by atoms with Crippen molar-refractivity contribution in [3.05, 3.63) is 29.3 Å². The number of nitrogens with one attached hydrogen (secondary N) is 1. The van der Waals surface area contributed by atoms with Crippen molar-refractivity contribution in [2.45, 2.75) is 37.1 Å². The fourth-order valence-corrected chi connectivity index (χ4v) is 3.20. The number of hydrogen-bond acceptors (Lipinski definition) is 2. The molecule has 1 heterocycles. The summed E-state index contributed by atoms with van der Waals surface area (Å²) in [6.07, 6.45) is 3.60. The van der Waals surface area contributed by atoms with Gasteiger partial charge in [0.05, 0.1) is 0 Å². The van der Waals surface area contributed by atoms with Crippen LogP contribution in [0.1, 0.15) is 24.5 Å². The molecular weight excluding hydrogens is 202 g/mol. The highest BCUT2D eigenvalue weighted by Crippen LogP contribution is 2.32. The van der Waals surface area contributed by atoms with Gasteiger partial charge in [-0.25, -0.2) is 0 Å². The summed E-state index contributed by atoms with van der Waals surface area (Å²) >= 11 is 2.00. The zero-order chi connectivity index (χ0) is 10.7. The first-order valence-electron chi connectivity index (χ1n) is 5.75. The molecule has 0 bridgehead atoms. The third-order valence-electron chi connectivity index (χ3n) is 3.14. The molecule has 1 aliphatic heterocycles. The van der Waals surface area contributed by atoms with Crippen LogP contribution in [0.4, 0.5) is 0 Å². The predicted octanol–water partition coefficient (Wildman–Crippen LogP) is 2.88. The zero-order valence-corrected chi connectivity index (χ0v) is 10.4. The van der Waals surface area contributed by atoms with E-state index in [0.717, 1.165) is 6.42 Å². The molecule has 2 rings (SSSR count). The summed E-state index contributed by atoms with van der Waals surface area (Å²) in [4.78, 5) is 1.51. The highest BCUT2D eigenvalue weighted by atomic mass is 32.2. The van der Waals surface area contributed by atoms with Gasteiger partial charge in [0.15, 0.2) is 0 Å². The van der Waals surface area contributed by atoms with E-state index in [-0.39, 0.29) is 0 Å². The Labute approximate surface area is 96.7 Å². The highest BCUT2D eigenvalue weighted by Gasteiger charge is 2.12. The van der Waals surface area contributed by atoms with Gasteiger partial charge in [-0.1, -0.05) is 19.1 Å². The van der Waals surface area contributed by atoms with Crippen molar-refractivity contribution in [3.8, 4) is 0 Å². The second kappa shape index (κ2) is 5.04. The van der Waals surface area contributed by atoms with Crippen LogP contribution >= 0.6 is 11.8 Å². The Kier molecular flexibility index (Phi) is 3.71. The summed E-state index contributed by atoms with van der Waals surface area (Å²) < 4.78 is 0. The molecule has 0 saturated heterocycles. The number of hydrogen-bond donors (Lipinski definition) is 1. The Hall–Kier alpha value is -0.470. The molecule has 1 unspecified atom stereocenters. The minimum Gasteiger partial charge on any atom is -0.317 e. The maximum atomic E-state index is 3.36. The lowest BCUT2D eigenvalue weighted by molar-refractivity contribution is 0.543. The molecule has 0 spiro atoms. The average molecular weight is 221 g/mol. The molecule has 1 N–H and O–H groups in total. The third kappa shape index (κ3) is 2.56. The topological polar surface area (TPSA) is 12.0 Å². The first-order chi connectivity index (χ1) is 7.33. The van der Waals surface area contributed by atoms with E-state index in [0.29, 0.717) is 6.04 Å². The van der Waals surface area contributed by atoms with Crippen molar-refractivity contribution in [3.63, 3.8) is 0 Å². The van der Waals surface area contributed by atoms with Crippen molar-refractivity contribution in [2.75, 3.05) is 12.8 Å². The van der Waals surface area contributed by atoms with Crippen LogP contribution in [0.2, 0.25) is 0 Å². The van der Waals surface area contributed by atoms with E-state index in [1.807, 2.05) is 11.8 Å². The maximum absolute atomic E-state index is 3.36. The lowest BCUT2D eigenvalue weighted by Gasteiger charge is -2.14. The first kappa shape index (κ1) is 11.0. The lowest BCUT2D eigenvalue weighted by atomic mass is 10.0. The Bertz CT molecular complexity index is 331. The van der Waals surface area contributed by atoms with E-state index in [1.165, 1.54) is 29.1 Å². The SMILES string of the molecule is CCC(Cc1ccc2c(c1)SCC2)NC. The minimum absolute atomic E-state index is 0.620. The standard InChI is InChI=1S/C13H19NS/c1-3-12(14-2)8-10-4-5-11-6-7-15-13(11)9-10/h4-5,9,12,14H,3,6-8H2,1-2H3. The first-order valence-corrected chi connectivity index (χ1v) is 6.74. The fourth-order valence-electron chi connectivity index (χ4n) is 2.07. The average Bonchev–Trinajstić information content (AvgIpc) is 2.73. The van der Waals surface area contributed by atoms with Crippen molar-refractivity contribution < 1.29 is 0 Å². The lowest BCUT2D eigenvalue weighted by Crippen LogP contribution is -2.26. The number of fused-ring (bicyclic) bond motifs is 1. The molecule has 0 amide bonds. The number of aryl methyl sites for hydroxylation is 1. The van der Waals surface area contributed by atoms with Gasteiger partial charge in [0.1, 0.15) is 0 Å². The van der Waals surface area contributed by atoms with Gasteiger partial charge in [-0.05, 0) is 43.5 Å². The molecular formula is C13H19NS. The third-order valence-corrected chi connectivity index (χ3v) is 4.24. The van der Waals surface area contributed by atoms with Crippen LogP contribution in [-0.2, 0) is 12.8 Å². The molecule has 1 aromatic rings. The van der Waals surface area contributed by atoms with E-state index in [1.54, 1.807) is 5.56 Å². The largest absolute Gasteiger partial charge is 0.317 e. The van der Waals surface area contributed by atoms with E-state index in [9.17, 15) is 0 Å². The molecule has 1 aliphatic rings. The molecule has 1 nitrogen and oxygen atoms in total. The van der Waals surface area contributed by atoms with Crippen LogP contribution in [0, 0.1) is 0 Å². The Morgan fingerprint density at radius 3 is 3.07 bits per heavy atom. The van der Waals surface area contributed by atoms with Gasteiger partial charge < -0.3 is 5.32 Å². The molecule has 0 radical (unpaired) electrons. The summed E-state index contributed by atoms with van der Waals surface area (Å²) in [6.45, 7) is 2.24. The second-order valence-corrected chi connectivity index (χ2v) is 5.28. The van der Waals surface area contributed by atoms with Crippen LogP contribution in [0.3, 0.4) is 0 Å². The van der Waals surface area contributed by atoms with Gasteiger partial charge in [-0.2, -0.15) is 0 Å². The van der Waals surface area contributed by atoms with E-state index < -0.39 is 0 Å². The van der Waals surface area contributed by atoms with Gasteiger partial charge in [0, 0.05) is 16.7 Å². The molecule has 0 fully saturated rings. The van der Waals surface area contributed by atoms with Crippen LogP contribution < -0.4 is 5.32 Å². The zero-order valence-electron chi connectivity index (χ0n) is 9.55. The normalized spacial score (nSPS) is 16.4. The summed E-state index contributed by atoms with van der Waals surface area (Å²) in [5, 5.41) is 3.36. The van der Waals surface area contributed by atoms with Crippen LogP contribution in [0.25, 0.3) is 0 Å². The summed E-state index contributed by atoms with van der Waals surface area (Å²) in [5.74, 6) is 1.27. The molecule has 1 atom stereocenters. The quantitative estimate of drug-likeness (QED) is 0.839. The van der Waals surface area contributed by atoms with Crippen molar-refractivity contribution in [2.24, 2.45) is 0 Å². The summed E-state index contributed by atoms with van der Waals surface area (Å²) in [7, 11) is 2.05. The van der Waals surface area contributed by atoms with Crippen LogP contribution in [0.15, 0.2) is 23.1 Å². The van der Waals surface area contributed by atoms with Crippen LogP contribution in [-0.4, -0.2) is 18.8 Å². The second-order valence-electron chi connectivity index (χ2n) is 4.14. The van der Waals surface area contributed by atoms with E-state index >= 15 is 0 Å². The number of likely N-dealkylation sites (N-methyl/N-ethyl adjacent to an activating group) is 1. The molecule has 0 saturated carbocycles. The molecule has 1 aromatic carbocycles. The van der Waals surface area contributed by atoms with Gasteiger partial charge in [0.2, 0.25) is 0 Å². The minimum atomic E-state index is 0.620. The van der Waals surface area contributed by atoms with Crippen molar-refractivity contribution in [1.29, 1.82) is 0 Å². The maximum Gasteiger partial charge on any atom is 0.0107 e. The van der Waals surface area contributed by atoms with Crippen molar-refractivity contribution in [1.82, 2.24) is 5.32 Å². The molecule has 0 aromatic heterocycles. The van der Waals surface area contributed by atoms with Crippen molar-refractivity contribution >= 4 is 11.8 Å². The number of rotatable bonds is 4. The van der Waals surface area contributed by atoms with Gasteiger partial charge in [0.25, 0.3) is 0 Å². The van der Waals surface area contributed by atoms with Gasteiger partial charge in [-0.3, -0.25) is 0 Å². The monoisotopic (exact) mass is 221 g/mol. The van der Waals surface area contributed by atoms with Gasteiger partial charge >= 0.3 is 0 Å². The fraction of sp³-hybridized carbons (Fsp3) is 0.538. The highest BCUT2D eigenvalue weighted by molar-refractivity contribution is 7.99. The Balaban J connectivity index is 2.09. The van der Waals surface area contributed by atoms with Gasteiger partial charge in [-0.15, -0.1) is 11.8 Å². The Morgan fingerprint density at radius 2 is 2.33 bits per heavy atom. The molecule has 2 heteroatoms.